The van der Waals surface area contributed by atoms with Gasteiger partial charge in [0.15, 0.2) is 0 Å². The normalized spacial score (nSPS) is 20.4. The Kier molecular flexibility index (Phi) is 9.29. The Morgan fingerprint density at radius 1 is 0.833 bits per heavy atom. The molecule has 13 heteroatoms. The van der Waals surface area contributed by atoms with E-state index in [1.807, 2.05) is 12.1 Å². The molecule has 0 radical (unpaired) electrons. The number of halogens is 7. The van der Waals surface area contributed by atoms with Crippen molar-refractivity contribution in [3.8, 4) is 0 Å². The first kappa shape index (κ1) is 31.8. The lowest BCUT2D eigenvalue weighted by Crippen LogP contribution is -2.53. The molecule has 2 saturated heterocycles. The van der Waals surface area contributed by atoms with Gasteiger partial charge >= 0.3 is 12.4 Å². The van der Waals surface area contributed by atoms with E-state index in [4.69, 9.17) is 0 Å². The van der Waals surface area contributed by atoms with Gasteiger partial charge in [-0.2, -0.15) is 26.3 Å². The van der Waals surface area contributed by atoms with Crippen molar-refractivity contribution in [2.75, 3.05) is 33.2 Å². The van der Waals surface area contributed by atoms with Crippen LogP contribution in [0.2, 0.25) is 0 Å². The zero-order valence-electron chi connectivity index (χ0n) is 22.9. The lowest BCUT2D eigenvalue weighted by Gasteiger charge is -2.44. The molecule has 228 valence electrons. The first-order valence-electron chi connectivity index (χ1n) is 13.4. The first-order chi connectivity index (χ1) is 19.6. The van der Waals surface area contributed by atoms with Crippen LogP contribution in [0.4, 0.5) is 26.3 Å². The molecule has 0 aromatic heterocycles. The van der Waals surface area contributed by atoms with E-state index in [1.54, 1.807) is 21.9 Å². The van der Waals surface area contributed by atoms with Gasteiger partial charge in [0.05, 0.1) is 11.1 Å². The fourth-order valence-electron chi connectivity index (χ4n) is 5.77. The summed E-state index contributed by atoms with van der Waals surface area (Å²) < 4.78 is 81.5. The third-order valence-electron chi connectivity index (χ3n) is 8.13. The summed E-state index contributed by atoms with van der Waals surface area (Å²) in [6, 6.07) is 7.46. The van der Waals surface area contributed by atoms with Gasteiger partial charge in [-0.05, 0) is 55.2 Å². The Morgan fingerprint density at radius 2 is 1.36 bits per heavy atom. The molecule has 2 aromatic rings. The molecule has 0 aliphatic carbocycles. The van der Waals surface area contributed by atoms with Gasteiger partial charge in [-0.25, -0.2) is 0 Å². The fourth-order valence-corrected chi connectivity index (χ4v) is 6.04. The van der Waals surface area contributed by atoms with Crippen molar-refractivity contribution in [1.29, 1.82) is 0 Å². The van der Waals surface area contributed by atoms with Gasteiger partial charge < -0.3 is 14.7 Å². The van der Waals surface area contributed by atoms with E-state index < -0.39 is 46.9 Å². The Hall–Kier alpha value is -3.09. The molecule has 3 amide bonds. The van der Waals surface area contributed by atoms with E-state index in [9.17, 15) is 40.7 Å². The highest BCUT2D eigenvalue weighted by molar-refractivity contribution is 9.10. The molecule has 2 aliphatic rings. The Morgan fingerprint density at radius 3 is 1.86 bits per heavy atom. The van der Waals surface area contributed by atoms with Crippen LogP contribution in [0.5, 0.6) is 0 Å². The fraction of sp³-hybridized carbons (Fsp3) is 0.483. The van der Waals surface area contributed by atoms with Crippen molar-refractivity contribution in [3.63, 3.8) is 0 Å². The van der Waals surface area contributed by atoms with Crippen molar-refractivity contribution < 1.29 is 40.7 Å². The monoisotopic (exact) mass is 661 g/mol. The summed E-state index contributed by atoms with van der Waals surface area (Å²) in [4.78, 5) is 43.2. The van der Waals surface area contributed by atoms with Crippen LogP contribution in [0, 0.1) is 5.92 Å². The van der Waals surface area contributed by atoms with Gasteiger partial charge in [0, 0.05) is 68.1 Å². The first-order valence-corrected chi connectivity index (χ1v) is 14.2. The highest BCUT2D eigenvalue weighted by Crippen LogP contribution is 2.38. The molecule has 0 unspecified atom stereocenters. The zero-order chi connectivity index (χ0) is 31.0. The maximum Gasteiger partial charge on any atom is 0.416 e. The molecule has 2 aromatic carbocycles. The van der Waals surface area contributed by atoms with E-state index in [0.717, 1.165) is 10.0 Å². The minimum Gasteiger partial charge on any atom is -0.343 e. The molecular formula is C29H30BrF6N3O3. The van der Waals surface area contributed by atoms with Gasteiger partial charge in [0.1, 0.15) is 0 Å². The van der Waals surface area contributed by atoms with Gasteiger partial charge in [-0.15, -0.1) is 0 Å². The molecule has 2 heterocycles. The number of rotatable bonds is 4. The van der Waals surface area contributed by atoms with Crippen LogP contribution in [-0.2, 0) is 21.9 Å². The van der Waals surface area contributed by atoms with Crippen LogP contribution >= 0.6 is 15.9 Å². The third-order valence-corrected chi connectivity index (χ3v) is 8.66. The maximum absolute atomic E-state index is 13.5. The van der Waals surface area contributed by atoms with Crippen molar-refractivity contribution >= 4 is 33.7 Å². The molecule has 2 fully saturated rings. The average molecular weight is 662 g/mol. The summed E-state index contributed by atoms with van der Waals surface area (Å²) in [5.41, 5.74) is -3.07. The lowest BCUT2D eigenvalue weighted by atomic mass is 9.83. The highest BCUT2D eigenvalue weighted by atomic mass is 79.9. The summed E-state index contributed by atoms with van der Waals surface area (Å²) in [5, 5.41) is 0. The van der Waals surface area contributed by atoms with Gasteiger partial charge in [0.25, 0.3) is 5.91 Å². The van der Waals surface area contributed by atoms with Crippen LogP contribution in [0.1, 0.15) is 59.2 Å². The van der Waals surface area contributed by atoms with Crippen LogP contribution in [-0.4, -0.2) is 71.7 Å². The summed E-state index contributed by atoms with van der Waals surface area (Å²) in [7, 11) is 1.36. The molecular weight excluding hydrogens is 632 g/mol. The quantitative estimate of drug-likeness (QED) is 0.367. The predicted octanol–water partition coefficient (Wildman–Crippen LogP) is 6.20. The second-order valence-electron chi connectivity index (χ2n) is 10.8. The Bertz CT molecular complexity index is 1290. The van der Waals surface area contributed by atoms with Crippen molar-refractivity contribution in [2.24, 2.45) is 5.92 Å². The molecule has 2 aliphatic heterocycles. The SMILES string of the molecule is CC(=O)N1CCC(C(=O)N2CC[C@@H](N(C)C(=O)c3cc(C(F)(F)F)cc(C(F)(F)F)c3)[C@H](c3ccc(Br)cc3)C2)CC1. The van der Waals surface area contributed by atoms with Gasteiger partial charge in [0.2, 0.25) is 11.8 Å². The second-order valence-corrected chi connectivity index (χ2v) is 11.7. The van der Waals surface area contributed by atoms with Gasteiger partial charge in [-0.1, -0.05) is 28.1 Å². The van der Waals surface area contributed by atoms with E-state index in [1.165, 1.54) is 18.9 Å². The minimum absolute atomic E-state index is 0.00753. The van der Waals surface area contributed by atoms with Crippen molar-refractivity contribution in [1.82, 2.24) is 14.7 Å². The molecule has 6 nitrogen and oxygen atoms in total. The number of piperidine rings is 2. The van der Waals surface area contributed by atoms with E-state index in [0.29, 0.717) is 38.1 Å². The maximum atomic E-state index is 13.5. The summed E-state index contributed by atoms with van der Waals surface area (Å²) >= 11 is 3.37. The molecule has 4 rings (SSSR count). The highest BCUT2D eigenvalue weighted by Gasteiger charge is 2.41. The van der Waals surface area contributed by atoms with Crippen LogP contribution in [0.25, 0.3) is 0 Å². The molecule has 0 saturated carbocycles. The molecule has 42 heavy (non-hydrogen) atoms. The number of amides is 3. The van der Waals surface area contributed by atoms with Crippen LogP contribution < -0.4 is 0 Å². The number of carbonyl (C=O) groups excluding carboxylic acids is 3. The number of benzene rings is 2. The third kappa shape index (κ3) is 7.09. The topological polar surface area (TPSA) is 60.9 Å². The summed E-state index contributed by atoms with van der Waals surface area (Å²) in [6.07, 6.45) is -8.85. The molecule has 0 spiro atoms. The van der Waals surface area contributed by atoms with Crippen LogP contribution in [0.15, 0.2) is 46.9 Å². The van der Waals surface area contributed by atoms with Crippen LogP contribution in [0.3, 0.4) is 0 Å². The summed E-state index contributed by atoms with van der Waals surface area (Å²) in [6.45, 7) is 2.92. The predicted molar refractivity (Wildman–Crippen MR) is 145 cm³/mol. The zero-order valence-corrected chi connectivity index (χ0v) is 24.5. The minimum atomic E-state index is -5.08. The number of hydrogen-bond acceptors (Lipinski definition) is 3. The lowest BCUT2D eigenvalue weighted by molar-refractivity contribution is -0.143. The van der Waals surface area contributed by atoms with E-state index >= 15 is 0 Å². The van der Waals surface area contributed by atoms with Gasteiger partial charge in [-0.3, -0.25) is 14.4 Å². The number of likely N-dealkylation sites (N-methyl/N-ethyl adjacent to an activating group) is 1. The largest absolute Gasteiger partial charge is 0.416 e. The molecule has 0 bridgehead atoms. The number of carbonyl (C=O) groups is 3. The number of likely N-dealkylation sites (tertiary alicyclic amines) is 2. The average Bonchev–Trinajstić information content (AvgIpc) is 2.95. The Balaban J connectivity index is 1.61. The molecule has 2 atom stereocenters. The Labute approximate surface area is 247 Å². The van der Waals surface area contributed by atoms with Crippen molar-refractivity contribution in [3.05, 3.63) is 69.2 Å². The molecule has 0 N–H and O–H groups in total. The number of hydrogen-bond donors (Lipinski definition) is 0. The van der Waals surface area contributed by atoms with E-state index in [2.05, 4.69) is 15.9 Å². The standard InChI is InChI=1S/C29H30BrF6N3O3/c1-17(40)38-10-7-19(8-11-38)27(42)39-12-9-25(24(16-39)18-3-5-23(30)6-4-18)37(2)26(41)20-13-21(28(31,32)33)15-22(14-20)29(34,35)36/h3-6,13-15,19,24-25H,7-12,16H2,1-2H3/t24-,25+/m0/s1. The number of alkyl halides is 6. The van der Waals surface area contributed by atoms with E-state index in [-0.39, 0.29) is 43.3 Å². The summed E-state index contributed by atoms with van der Waals surface area (Å²) in [5.74, 6) is -1.81. The second kappa shape index (κ2) is 12.3. The smallest absolute Gasteiger partial charge is 0.343 e. The number of nitrogens with zero attached hydrogens (tertiary/aromatic N) is 3. The van der Waals surface area contributed by atoms with Crippen molar-refractivity contribution in [2.45, 2.75) is 50.5 Å².